The number of hydrogen-bond donors (Lipinski definition) is 4. The number of halogens is 3. The number of alkyl halides is 3. The lowest BCUT2D eigenvalue weighted by molar-refractivity contribution is -0.192. The van der Waals surface area contributed by atoms with Gasteiger partial charge in [0.1, 0.15) is 6.04 Å². The summed E-state index contributed by atoms with van der Waals surface area (Å²) in [4.78, 5) is 37.4. The van der Waals surface area contributed by atoms with Crippen molar-refractivity contribution in [3.05, 3.63) is 30.0 Å². The lowest BCUT2D eigenvalue weighted by atomic mass is 10.0. The highest BCUT2D eigenvalue weighted by Crippen LogP contribution is 2.24. The van der Waals surface area contributed by atoms with Crippen molar-refractivity contribution in [2.75, 3.05) is 11.9 Å². The molecule has 1 fully saturated rings. The summed E-state index contributed by atoms with van der Waals surface area (Å²) in [6.45, 7) is 2.05. The molecule has 1 saturated heterocycles. The largest absolute Gasteiger partial charge is 0.490 e. The molecule has 2 amide bonds. The number of fused-ring (bicyclic) bond motifs is 1. The number of aromatic amines is 1. The first-order chi connectivity index (χ1) is 14.9. The highest BCUT2D eigenvalue weighted by atomic mass is 19.4. The molecule has 9 nitrogen and oxygen atoms in total. The van der Waals surface area contributed by atoms with Crippen molar-refractivity contribution in [1.82, 2.24) is 9.88 Å². The molecule has 0 aliphatic carbocycles. The Hall–Kier alpha value is -3.59. The summed E-state index contributed by atoms with van der Waals surface area (Å²) in [6, 6.07) is 6.67. The van der Waals surface area contributed by atoms with Crippen LogP contribution >= 0.6 is 0 Å². The maximum Gasteiger partial charge on any atom is 0.490 e. The van der Waals surface area contributed by atoms with Crippen LogP contribution in [0.15, 0.2) is 24.4 Å². The molecule has 0 radical (unpaired) electrons. The molecule has 1 aliphatic rings. The third-order valence-corrected chi connectivity index (χ3v) is 4.77. The van der Waals surface area contributed by atoms with Gasteiger partial charge in [-0.1, -0.05) is 0 Å². The van der Waals surface area contributed by atoms with Crippen LogP contribution in [-0.4, -0.2) is 57.6 Å². The van der Waals surface area contributed by atoms with Crippen LogP contribution in [0.25, 0.3) is 10.9 Å². The minimum Gasteiger partial charge on any atom is -0.475 e. The van der Waals surface area contributed by atoms with Crippen molar-refractivity contribution in [1.29, 1.82) is 5.26 Å². The topological polar surface area (TPSA) is 152 Å². The molecule has 3 rings (SSSR count). The molecule has 1 aromatic heterocycles. The van der Waals surface area contributed by atoms with Crippen LogP contribution in [0.2, 0.25) is 0 Å². The number of anilines is 1. The smallest absolute Gasteiger partial charge is 0.475 e. The molecule has 0 spiro atoms. The Bertz CT molecular complexity index is 1040. The quantitative estimate of drug-likeness (QED) is 0.557. The molecule has 0 unspecified atom stereocenters. The van der Waals surface area contributed by atoms with Gasteiger partial charge in [-0.3, -0.25) is 9.59 Å². The van der Waals surface area contributed by atoms with Gasteiger partial charge in [0.2, 0.25) is 11.8 Å². The van der Waals surface area contributed by atoms with E-state index in [4.69, 9.17) is 20.9 Å². The van der Waals surface area contributed by atoms with E-state index in [1.165, 1.54) is 6.92 Å². The van der Waals surface area contributed by atoms with Gasteiger partial charge in [-0.2, -0.15) is 18.4 Å². The Morgan fingerprint density at radius 3 is 2.62 bits per heavy atom. The molecule has 0 bridgehead atoms. The number of carboxylic acids is 1. The number of H-pyrrole nitrogens is 1. The fraction of sp³-hybridized carbons (Fsp3) is 0.400. The van der Waals surface area contributed by atoms with Crippen molar-refractivity contribution in [3.63, 3.8) is 0 Å². The van der Waals surface area contributed by atoms with E-state index < -0.39 is 18.2 Å². The van der Waals surface area contributed by atoms with Crippen molar-refractivity contribution in [2.45, 2.75) is 44.4 Å². The van der Waals surface area contributed by atoms with Crippen molar-refractivity contribution in [2.24, 2.45) is 5.73 Å². The minimum atomic E-state index is -5.08. The first kappa shape index (κ1) is 24.7. The van der Waals surface area contributed by atoms with Gasteiger partial charge in [0.25, 0.3) is 0 Å². The monoisotopic (exact) mass is 453 g/mol. The number of likely N-dealkylation sites (tertiary alicyclic amines) is 1. The van der Waals surface area contributed by atoms with Gasteiger partial charge < -0.3 is 26.0 Å². The summed E-state index contributed by atoms with van der Waals surface area (Å²) >= 11 is 0. The highest BCUT2D eigenvalue weighted by Gasteiger charge is 2.38. The van der Waals surface area contributed by atoms with Gasteiger partial charge in [-0.15, -0.1) is 0 Å². The first-order valence-corrected chi connectivity index (χ1v) is 9.57. The lowest BCUT2D eigenvalue weighted by Gasteiger charge is -2.23. The number of aliphatic carboxylic acids is 1. The van der Waals surface area contributed by atoms with Gasteiger partial charge in [-0.25, -0.2) is 4.79 Å². The number of aromatic nitrogens is 1. The summed E-state index contributed by atoms with van der Waals surface area (Å²) in [5, 5.41) is 19.9. The molecule has 1 aliphatic heterocycles. The number of carboxylic acid groups (broad SMARTS) is 1. The normalized spacial score (nSPS) is 16.6. The van der Waals surface area contributed by atoms with Gasteiger partial charge >= 0.3 is 12.1 Å². The maximum absolute atomic E-state index is 12.6. The number of amides is 2. The van der Waals surface area contributed by atoms with Gasteiger partial charge in [0.05, 0.1) is 12.1 Å². The van der Waals surface area contributed by atoms with Crippen molar-refractivity contribution < 1.29 is 32.7 Å². The standard InChI is InChI=1S/C18H21N5O2.C2HF3O2/c1-11(24)22-13-4-5-17-15(8-13)12(10-21-17)7-16(20)18(25)23-6-2-3-14(23)9-19;3-2(4,5)1(6)7/h4-5,8,10,14,16,21H,2-3,6-7,20H2,1H3,(H,22,24);(H,6,7)/t14-,16+;/m1./s1. The maximum atomic E-state index is 12.6. The summed E-state index contributed by atoms with van der Waals surface area (Å²) in [7, 11) is 0. The predicted octanol–water partition coefficient (Wildman–Crippen LogP) is 2.14. The number of hydrogen-bond acceptors (Lipinski definition) is 5. The van der Waals surface area contributed by atoms with Crippen LogP contribution in [0.4, 0.5) is 18.9 Å². The number of nitrogens with zero attached hydrogens (tertiary/aromatic N) is 2. The van der Waals surface area contributed by atoms with Crippen molar-refractivity contribution >= 4 is 34.4 Å². The fourth-order valence-corrected chi connectivity index (χ4v) is 3.33. The second kappa shape index (κ2) is 10.1. The number of nitrogens with one attached hydrogen (secondary N) is 2. The molecule has 2 atom stereocenters. The van der Waals surface area contributed by atoms with Gasteiger partial charge in [0, 0.05) is 36.3 Å². The molecule has 12 heteroatoms. The Kier molecular flexibility index (Phi) is 7.82. The molecule has 1 aromatic carbocycles. The zero-order valence-electron chi connectivity index (χ0n) is 17.1. The lowest BCUT2D eigenvalue weighted by Crippen LogP contribution is -2.46. The van der Waals surface area contributed by atoms with E-state index in [1.807, 2.05) is 24.4 Å². The highest BCUT2D eigenvalue weighted by molar-refractivity contribution is 5.94. The number of rotatable bonds is 4. The molecular weight excluding hydrogens is 431 g/mol. The Balaban J connectivity index is 0.000000451. The Morgan fingerprint density at radius 1 is 1.41 bits per heavy atom. The van der Waals surface area contributed by atoms with Crippen LogP contribution in [0, 0.1) is 11.3 Å². The van der Waals surface area contributed by atoms with Crippen molar-refractivity contribution in [3.8, 4) is 6.07 Å². The third-order valence-electron chi connectivity index (χ3n) is 4.77. The number of benzene rings is 1. The molecular formula is C20H22F3N5O4. The Labute approximate surface area is 181 Å². The third kappa shape index (κ3) is 6.21. The average Bonchev–Trinajstić information content (AvgIpc) is 3.33. The van der Waals surface area contributed by atoms with E-state index in [0.29, 0.717) is 25.1 Å². The first-order valence-electron chi connectivity index (χ1n) is 9.57. The zero-order chi connectivity index (χ0) is 24.1. The Morgan fingerprint density at radius 2 is 2.06 bits per heavy atom. The SMILES string of the molecule is CC(=O)Nc1ccc2[nH]cc(C[C@H](N)C(=O)N3CCC[C@@H]3C#N)c2c1.O=C(O)C(F)(F)F. The van der Waals surface area contributed by atoms with E-state index >= 15 is 0 Å². The molecule has 172 valence electrons. The van der Waals surface area contributed by atoms with Crippen LogP contribution in [-0.2, 0) is 20.8 Å². The zero-order valence-corrected chi connectivity index (χ0v) is 17.1. The molecule has 5 N–H and O–H groups in total. The fourth-order valence-electron chi connectivity index (χ4n) is 3.33. The molecule has 0 saturated carbocycles. The average molecular weight is 453 g/mol. The number of nitrogens with two attached hydrogens (primary N) is 1. The molecule has 32 heavy (non-hydrogen) atoms. The molecule has 2 heterocycles. The number of carbonyl (C=O) groups excluding carboxylic acids is 2. The van der Waals surface area contributed by atoms with Crippen LogP contribution < -0.4 is 11.1 Å². The van der Waals surface area contributed by atoms with E-state index in [1.54, 1.807) is 4.90 Å². The van der Waals surface area contributed by atoms with E-state index in [-0.39, 0.29) is 17.9 Å². The number of nitriles is 1. The van der Waals surface area contributed by atoms with E-state index in [0.717, 1.165) is 22.9 Å². The predicted molar refractivity (Wildman–Crippen MR) is 108 cm³/mol. The second-order valence-corrected chi connectivity index (χ2v) is 7.19. The minimum absolute atomic E-state index is 0.139. The van der Waals surface area contributed by atoms with Gasteiger partial charge in [-0.05, 0) is 43.0 Å². The molecule has 2 aromatic rings. The van der Waals surface area contributed by atoms with Gasteiger partial charge in [0.15, 0.2) is 0 Å². The second-order valence-electron chi connectivity index (χ2n) is 7.19. The van der Waals surface area contributed by atoms with E-state index in [9.17, 15) is 22.8 Å². The van der Waals surface area contributed by atoms with Crippen LogP contribution in [0.5, 0.6) is 0 Å². The van der Waals surface area contributed by atoms with E-state index in [2.05, 4.69) is 16.4 Å². The van der Waals surface area contributed by atoms with Crippen LogP contribution in [0.1, 0.15) is 25.3 Å². The summed E-state index contributed by atoms with van der Waals surface area (Å²) in [5.74, 6) is -3.08. The summed E-state index contributed by atoms with van der Waals surface area (Å²) in [6.07, 6.45) is -1.33. The summed E-state index contributed by atoms with van der Waals surface area (Å²) < 4.78 is 31.7. The summed E-state index contributed by atoms with van der Waals surface area (Å²) in [5.41, 5.74) is 8.66. The van der Waals surface area contributed by atoms with Crippen LogP contribution in [0.3, 0.4) is 0 Å². The number of carbonyl (C=O) groups is 3.